The molecule has 0 radical (unpaired) electrons. The standard InChI is InChI=1S/C11H14ClNO2S/c1-7(2)16(14,15)10-6-8-4-3-5-9(8)13-11(10)12/h6-7H,3-5H2,1-2H3. The van der Waals surface area contributed by atoms with E-state index in [0.29, 0.717) is 0 Å². The quantitative estimate of drug-likeness (QED) is 0.767. The highest BCUT2D eigenvalue weighted by Gasteiger charge is 2.26. The van der Waals surface area contributed by atoms with Crippen molar-refractivity contribution in [3.8, 4) is 0 Å². The molecule has 0 N–H and O–H groups in total. The number of halogens is 1. The largest absolute Gasteiger partial charge is 0.239 e. The lowest BCUT2D eigenvalue weighted by Crippen LogP contribution is -2.15. The Labute approximate surface area is 101 Å². The van der Waals surface area contributed by atoms with Crippen molar-refractivity contribution in [3.63, 3.8) is 0 Å². The number of nitrogens with zero attached hydrogens (tertiary/aromatic N) is 1. The fraction of sp³-hybridized carbons (Fsp3) is 0.545. The first-order valence-corrected chi connectivity index (χ1v) is 7.27. The molecule has 0 aliphatic heterocycles. The Balaban J connectivity index is 2.59. The average Bonchev–Trinajstić information content (AvgIpc) is 2.62. The molecular formula is C11H14ClNO2S. The number of rotatable bonds is 2. The molecule has 0 fully saturated rings. The van der Waals surface area contributed by atoms with E-state index in [2.05, 4.69) is 4.98 Å². The lowest BCUT2D eigenvalue weighted by atomic mass is 10.2. The van der Waals surface area contributed by atoms with Crippen LogP contribution in [0.2, 0.25) is 5.15 Å². The molecule has 0 amide bonds. The van der Waals surface area contributed by atoms with Crippen molar-refractivity contribution in [1.82, 2.24) is 4.98 Å². The van der Waals surface area contributed by atoms with E-state index in [0.717, 1.165) is 30.5 Å². The number of hydrogen-bond donors (Lipinski definition) is 0. The van der Waals surface area contributed by atoms with Gasteiger partial charge in [-0.05, 0) is 44.7 Å². The molecular weight excluding hydrogens is 246 g/mol. The van der Waals surface area contributed by atoms with Crippen LogP contribution >= 0.6 is 11.6 Å². The summed E-state index contributed by atoms with van der Waals surface area (Å²) in [5.41, 5.74) is 1.98. The summed E-state index contributed by atoms with van der Waals surface area (Å²) in [6.45, 7) is 3.30. The molecule has 16 heavy (non-hydrogen) atoms. The monoisotopic (exact) mass is 259 g/mol. The molecule has 1 aliphatic rings. The van der Waals surface area contributed by atoms with Crippen LogP contribution in [0.1, 0.15) is 31.5 Å². The number of aromatic nitrogens is 1. The van der Waals surface area contributed by atoms with Crippen molar-refractivity contribution in [2.24, 2.45) is 0 Å². The molecule has 5 heteroatoms. The minimum Gasteiger partial charge on any atom is -0.239 e. The SMILES string of the molecule is CC(C)S(=O)(=O)c1cc2c(nc1Cl)CCC2. The van der Waals surface area contributed by atoms with Crippen LogP contribution in [-0.2, 0) is 22.7 Å². The van der Waals surface area contributed by atoms with E-state index in [4.69, 9.17) is 11.6 Å². The number of aryl methyl sites for hydroxylation is 2. The predicted molar refractivity (Wildman–Crippen MR) is 63.6 cm³/mol. The van der Waals surface area contributed by atoms with Crippen LogP contribution < -0.4 is 0 Å². The van der Waals surface area contributed by atoms with Crippen LogP contribution in [0.5, 0.6) is 0 Å². The van der Waals surface area contributed by atoms with Gasteiger partial charge in [-0.25, -0.2) is 13.4 Å². The van der Waals surface area contributed by atoms with Gasteiger partial charge in [0.2, 0.25) is 0 Å². The number of fused-ring (bicyclic) bond motifs is 1. The summed E-state index contributed by atoms with van der Waals surface area (Å²) in [4.78, 5) is 4.37. The highest BCUT2D eigenvalue weighted by molar-refractivity contribution is 7.92. The van der Waals surface area contributed by atoms with Crippen LogP contribution in [0.3, 0.4) is 0 Å². The van der Waals surface area contributed by atoms with E-state index in [9.17, 15) is 8.42 Å². The van der Waals surface area contributed by atoms with Gasteiger partial charge in [0.25, 0.3) is 0 Å². The fourth-order valence-electron chi connectivity index (χ4n) is 1.88. The first kappa shape index (κ1) is 11.9. The van der Waals surface area contributed by atoms with Gasteiger partial charge in [-0.15, -0.1) is 0 Å². The molecule has 0 saturated heterocycles. The smallest absolute Gasteiger partial charge is 0.183 e. The van der Waals surface area contributed by atoms with Crippen molar-refractivity contribution in [2.45, 2.75) is 43.3 Å². The maximum absolute atomic E-state index is 12.0. The summed E-state index contributed by atoms with van der Waals surface area (Å²) in [5, 5.41) is -0.347. The fourth-order valence-corrected chi connectivity index (χ4v) is 3.45. The van der Waals surface area contributed by atoms with Gasteiger partial charge >= 0.3 is 0 Å². The van der Waals surface area contributed by atoms with E-state index >= 15 is 0 Å². The number of sulfone groups is 1. The summed E-state index contributed by atoms with van der Waals surface area (Å²) in [6.07, 6.45) is 2.83. The van der Waals surface area contributed by atoms with E-state index in [1.165, 1.54) is 0 Å². The minimum absolute atomic E-state index is 0.120. The maximum Gasteiger partial charge on any atom is 0.183 e. The molecule has 0 spiro atoms. The predicted octanol–water partition coefficient (Wildman–Crippen LogP) is 2.41. The zero-order valence-corrected chi connectivity index (χ0v) is 10.9. The minimum atomic E-state index is -3.32. The zero-order valence-electron chi connectivity index (χ0n) is 9.33. The van der Waals surface area contributed by atoms with Gasteiger partial charge in [0.05, 0.1) is 5.25 Å². The molecule has 1 aromatic rings. The van der Waals surface area contributed by atoms with Crippen molar-refractivity contribution in [2.75, 3.05) is 0 Å². The Bertz CT molecular complexity index is 523. The van der Waals surface area contributed by atoms with Gasteiger partial charge in [0, 0.05) is 5.69 Å². The summed E-state index contributed by atoms with van der Waals surface area (Å²) in [7, 11) is -3.32. The Morgan fingerprint density at radius 1 is 1.38 bits per heavy atom. The van der Waals surface area contributed by atoms with Crippen molar-refractivity contribution in [3.05, 3.63) is 22.5 Å². The molecule has 0 atom stereocenters. The third kappa shape index (κ3) is 1.84. The van der Waals surface area contributed by atoms with E-state index in [1.807, 2.05) is 0 Å². The molecule has 2 rings (SSSR count). The molecule has 0 saturated carbocycles. The molecule has 0 bridgehead atoms. The van der Waals surface area contributed by atoms with Gasteiger partial charge in [-0.2, -0.15) is 0 Å². The van der Waals surface area contributed by atoms with Crippen LogP contribution in [-0.4, -0.2) is 18.7 Å². The van der Waals surface area contributed by atoms with Crippen LogP contribution in [0.25, 0.3) is 0 Å². The first-order chi connectivity index (χ1) is 7.43. The topological polar surface area (TPSA) is 47.0 Å². The molecule has 88 valence electrons. The van der Waals surface area contributed by atoms with Gasteiger partial charge in [0.1, 0.15) is 10.0 Å². The van der Waals surface area contributed by atoms with Gasteiger partial charge in [-0.1, -0.05) is 11.6 Å². The molecule has 1 heterocycles. The highest BCUT2D eigenvalue weighted by Crippen LogP contribution is 2.29. The van der Waals surface area contributed by atoms with Crippen molar-refractivity contribution < 1.29 is 8.42 Å². The maximum atomic E-state index is 12.0. The molecule has 0 aromatic carbocycles. The third-order valence-corrected chi connectivity index (χ3v) is 5.46. The number of hydrogen-bond acceptors (Lipinski definition) is 3. The zero-order chi connectivity index (χ0) is 11.9. The summed E-state index contributed by atoms with van der Waals surface area (Å²) < 4.78 is 24.1. The Kier molecular flexibility index (Phi) is 2.97. The summed E-state index contributed by atoms with van der Waals surface area (Å²) in [6, 6.07) is 1.70. The van der Waals surface area contributed by atoms with Crippen molar-refractivity contribution >= 4 is 21.4 Å². The van der Waals surface area contributed by atoms with E-state index in [-0.39, 0.29) is 10.0 Å². The normalized spacial score (nSPS) is 15.5. The second-order valence-corrected chi connectivity index (χ2v) is 7.16. The second kappa shape index (κ2) is 4.00. The van der Waals surface area contributed by atoms with E-state index < -0.39 is 15.1 Å². The number of pyridine rings is 1. The summed E-state index contributed by atoms with van der Waals surface area (Å²) >= 11 is 5.95. The lowest BCUT2D eigenvalue weighted by Gasteiger charge is -2.10. The molecule has 3 nitrogen and oxygen atoms in total. The lowest BCUT2D eigenvalue weighted by molar-refractivity contribution is 0.587. The van der Waals surface area contributed by atoms with E-state index in [1.54, 1.807) is 19.9 Å². The van der Waals surface area contributed by atoms with Gasteiger partial charge in [-0.3, -0.25) is 0 Å². The molecule has 1 aliphatic carbocycles. The van der Waals surface area contributed by atoms with Crippen LogP contribution in [0.15, 0.2) is 11.0 Å². The first-order valence-electron chi connectivity index (χ1n) is 5.35. The van der Waals surface area contributed by atoms with Crippen LogP contribution in [0, 0.1) is 0 Å². The molecule has 0 unspecified atom stereocenters. The Morgan fingerprint density at radius 3 is 2.69 bits per heavy atom. The Hall–Kier alpha value is -0.610. The van der Waals surface area contributed by atoms with Gasteiger partial charge in [0.15, 0.2) is 9.84 Å². The van der Waals surface area contributed by atoms with Gasteiger partial charge < -0.3 is 0 Å². The molecule has 1 aromatic heterocycles. The van der Waals surface area contributed by atoms with Crippen LogP contribution in [0.4, 0.5) is 0 Å². The summed E-state index contributed by atoms with van der Waals surface area (Å²) in [5.74, 6) is 0. The van der Waals surface area contributed by atoms with Crippen molar-refractivity contribution in [1.29, 1.82) is 0 Å². The Morgan fingerprint density at radius 2 is 2.06 bits per heavy atom. The highest BCUT2D eigenvalue weighted by atomic mass is 35.5. The average molecular weight is 260 g/mol. The third-order valence-electron chi connectivity index (χ3n) is 2.90. The second-order valence-electron chi connectivity index (χ2n) is 4.33.